The molecule has 2 aromatic rings. The quantitative estimate of drug-likeness (QED) is 0.789. The molecule has 0 radical (unpaired) electrons. The third-order valence-corrected chi connectivity index (χ3v) is 4.16. The molecule has 1 atom stereocenters. The van der Waals surface area contributed by atoms with Crippen LogP contribution in [0.2, 0.25) is 0 Å². The van der Waals surface area contributed by atoms with Crippen molar-refractivity contribution in [1.82, 2.24) is 0 Å². The second-order valence-electron chi connectivity index (χ2n) is 5.57. The van der Waals surface area contributed by atoms with E-state index in [1.165, 1.54) is 16.8 Å². The second kappa shape index (κ2) is 6.14. The molecule has 1 aliphatic heterocycles. The molecule has 2 aromatic carbocycles. The zero-order chi connectivity index (χ0) is 15.5. The largest absolute Gasteiger partial charge is 0.497 e. The van der Waals surface area contributed by atoms with E-state index in [0.29, 0.717) is 6.04 Å². The van der Waals surface area contributed by atoms with E-state index >= 15 is 0 Å². The van der Waals surface area contributed by atoms with Gasteiger partial charge in [-0.15, -0.1) is 0 Å². The minimum Gasteiger partial charge on any atom is -0.497 e. The summed E-state index contributed by atoms with van der Waals surface area (Å²) in [6.07, 6.45) is 0.984. The Morgan fingerprint density at radius 3 is 2.00 bits per heavy atom. The van der Waals surface area contributed by atoms with E-state index in [9.17, 15) is 0 Å². The summed E-state index contributed by atoms with van der Waals surface area (Å²) >= 11 is 0. The molecular weight excluding hydrogens is 274 g/mol. The Kier molecular flexibility index (Phi) is 4.05. The number of benzene rings is 2. The van der Waals surface area contributed by atoms with Gasteiger partial charge in [-0.25, -0.2) is 0 Å². The van der Waals surface area contributed by atoms with E-state index in [-0.39, 0.29) is 0 Å². The molecule has 0 N–H and O–H groups in total. The first-order valence-electron chi connectivity index (χ1n) is 7.42. The lowest BCUT2D eigenvalue weighted by Crippen LogP contribution is -2.22. The summed E-state index contributed by atoms with van der Waals surface area (Å²) in [6, 6.07) is 16.8. The molecule has 0 amide bonds. The maximum atomic E-state index is 5.24. The van der Waals surface area contributed by atoms with E-state index in [0.717, 1.165) is 24.5 Å². The minimum atomic E-state index is 0.326. The molecule has 1 saturated heterocycles. The van der Waals surface area contributed by atoms with E-state index in [2.05, 4.69) is 35.7 Å². The number of methoxy groups -OCH3 is 2. The topological polar surface area (TPSA) is 21.7 Å². The summed E-state index contributed by atoms with van der Waals surface area (Å²) in [7, 11) is 3.38. The SMILES string of the molecule is C=C1CC(c2ccc(OC)cc2)N(c2ccc(OC)cc2)C1. The highest BCUT2D eigenvalue weighted by Gasteiger charge is 2.28. The van der Waals surface area contributed by atoms with Gasteiger partial charge in [-0.3, -0.25) is 0 Å². The van der Waals surface area contributed by atoms with Gasteiger partial charge in [0.15, 0.2) is 0 Å². The highest BCUT2D eigenvalue weighted by Crippen LogP contribution is 2.38. The van der Waals surface area contributed by atoms with Crippen molar-refractivity contribution in [3.05, 3.63) is 66.2 Å². The fourth-order valence-electron chi connectivity index (χ4n) is 2.97. The monoisotopic (exact) mass is 295 g/mol. The minimum absolute atomic E-state index is 0.326. The molecule has 3 heteroatoms. The van der Waals surface area contributed by atoms with Gasteiger partial charge in [0.05, 0.1) is 20.3 Å². The molecule has 1 aliphatic rings. The van der Waals surface area contributed by atoms with Crippen molar-refractivity contribution >= 4 is 5.69 Å². The maximum Gasteiger partial charge on any atom is 0.119 e. The fourth-order valence-corrected chi connectivity index (χ4v) is 2.97. The summed E-state index contributed by atoms with van der Waals surface area (Å²) in [6.45, 7) is 5.07. The maximum absolute atomic E-state index is 5.24. The molecule has 0 aromatic heterocycles. The van der Waals surface area contributed by atoms with Gasteiger partial charge in [0.25, 0.3) is 0 Å². The van der Waals surface area contributed by atoms with Crippen LogP contribution in [0.5, 0.6) is 11.5 Å². The Morgan fingerprint density at radius 1 is 0.909 bits per heavy atom. The van der Waals surface area contributed by atoms with Crippen molar-refractivity contribution in [3.8, 4) is 11.5 Å². The highest BCUT2D eigenvalue weighted by atomic mass is 16.5. The van der Waals surface area contributed by atoms with Gasteiger partial charge >= 0.3 is 0 Å². The molecule has 0 spiro atoms. The Balaban J connectivity index is 1.88. The Labute approximate surface area is 131 Å². The molecule has 1 unspecified atom stereocenters. The molecule has 22 heavy (non-hydrogen) atoms. The average molecular weight is 295 g/mol. The van der Waals surface area contributed by atoms with E-state index < -0.39 is 0 Å². The molecule has 0 aliphatic carbocycles. The van der Waals surface area contributed by atoms with Gasteiger partial charge in [-0.2, -0.15) is 0 Å². The smallest absolute Gasteiger partial charge is 0.119 e. The van der Waals surface area contributed by atoms with Crippen LogP contribution in [0.15, 0.2) is 60.7 Å². The molecule has 1 fully saturated rings. The predicted octanol–water partition coefficient (Wildman–Crippen LogP) is 4.21. The molecule has 3 nitrogen and oxygen atoms in total. The van der Waals surface area contributed by atoms with Gasteiger partial charge in [0, 0.05) is 12.2 Å². The average Bonchev–Trinajstić information content (AvgIpc) is 2.97. The number of anilines is 1. The van der Waals surface area contributed by atoms with Crippen LogP contribution in [0.25, 0.3) is 0 Å². The Morgan fingerprint density at radius 2 is 1.45 bits per heavy atom. The van der Waals surface area contributed by atoms with Crippen molar-refractivity contribution in [1.29, 1.82) is 0 Å². The summed E-state index contributed by atoms with van der Waals surface area (Å²) in [5.41, 5.74) is 3.74. The van der Waals surface area contributed by atoms with E-state index in [4.69, 9.17) is 9.47 Å². The lowest BCUT2D eigenvalue weighted by Gasteiger charge is -2.27. The normalized spacial score (nSPS) is 17.6. The number of ether oxygens (including phenoxy) is 2. The van der Waals surface area contributed by atoms with Gasteiger partial charge in [-0.1, -0.05) is 24.3 Å². The third kappa shape index (κ3) is 2.80. The summed E-state index contributed by atoms with van der Waals surface area (Å²) < 4.78 is 10.5. The van der Waals surface area contributed by atoms with Crippen LogP contribution in [-0.4, -0.2) is 20.8 Å². The van der Waals surface area contributed by atoms with E-state index in [1.807, 2.05) is 24.3 Å². The fraction of sp³-hybridized carbons (Fsp3) is 0.263. The van der Waals surface area contributed by atoms with Gasteiger partial charge in [0.1, 0.15) is 11.5 Å². The lowest BCUT2D eigenvalue weighted by atomic mass is 10.0. The summed E-state index contributed by atoms with van der Waals surface area (Å²) in [4.78, 5) is 2.39. The summed E-state index contributed by atoms with van der Waals surface area (Å²) in [5.74, 6) is 1.76. The highest BCUT2D eigenvalue weighted by molar-refractivity contribution is 5.55. The first-order valence-corrected chi connectivity index (χ1v) is 7.42. The second-order valence-corrected chi connectivity index (χ2v) is 5.57. The van der Waals surface area contributed by atoms with Crippen molar-refractivity contribution in [2.45, 2.75) is 12.5 Å². The molecule has 0 bridgehead atoms. The van der Waals surface area contributed by atoms with Crippen molar-refractivity contribution < 1.29 is 9.47 Å². The first-order chi connectivity index (χ1) is 10.7. The van der Waals surface area contributed by atoms with Crippen molar-refractivity contribution in [2.24, 2.45) is 0 Å². The molecule has 114 valence electrons. The van der Waals surface area contributed by atoms with Crippen LogP contribution in [-0.2, 0) is 0 Å². The zero-order valence-corrected chi connectivity index (χ0v) is 13.1. The van der Waals surface area contributed by atoms with Crippen LogP contribution < -0.4 is 14.4 Å². The van der Waals surface area contributed by atoms with Crippen LogP contribution in [0.1, 0.15) is 18.0 Å². The van der Waals surface area contributed by atoms with Gasteiger partial charge < -0.3 is 14.4 Å². The van der Waals surface area contributed by atoms with Crippen LogP contribution in [0.3, 0.4) is 0 Å². The van der Waals surface area contributed by atoms with E-state index in [1.54, 1.807) is 14.2 Å². The number of hydrogen-bond acceptors (Lipinski definition) is 3. The number of hydrogen-bond donors (Lipinski definition) is 0. The van der Waals surface area contributed by atoms with Crippen molar-refractivity contribution in [2.75, 3.05) is 25.7 Å². The molecule has 0 saturated carbocycles. The molecule has 3 rings (SSSR count). The zero-order valence-electron chi connectivity index (χ0n) is 13.1. The predicted molar refractivity (Wildman–Crippen MR) is 89.8 cm³/mol. The van der Waals surface area contributed by atoms with Crippen LogP contribution >= 0.6 is 0 Å². The molecule has 1 heterocycles. The molecular formula is C19H21NO2. The van der Waals surface area contributed by atoms with Crippen LogP contribution in [0, 0.1) is 0 Å². The van der Waals surface area contributed by atoms with Crippen molar-refractivity contribution in [3.63, 3.8) is 0 Å². The standard InChI is InChI=1S/C19H21NO2/c1-14-12-19(15-4-8-17(21-2)9-5-15)20(13-14)16-6-10-18(22-3)11-7-16/h4-11,19H,1,12-13H2,2-3H3. The first kappa shape index (κ1) is 14.5. The lowest BCUT2D eigenvalue weighted by molar-refractivity contribution is 0.414. The van der Waals surface area contributed by atoms with Gasteiger partial charge in [0.2, 0.25) is 0 Å². The Bertz CT molecular complexity index is 589. The third-order valence-electron chi connectivity index (χ3n) is 4.16. The number of nitrogens with zero attached hydrogens (tertiary/aromatic N) is 1. The summed E-state index contributed by atoms with van der Waals surface area (Å²) in [5, 5.41) is 0. The number of rotatable bonds is 4. The van der Waals surface area contributed by atoms with Crippen LogP contribution in [0.4, 0.5) is 5.69 Å². The Hall–Kier alpha value is -2.42. The van der Waals surface area contributed by atoms with Gasteiger partial charge in [-0.05, 0) is 48.4 Å².